The molecule has 118 valence electrons. The summed E-state index contributed by atoms with van der Waals surface area (Å²) in [4.78, 5) is 3.82. The molecule has 0 atom stereocenters. The molecule has 0 aliphatic rings. The van der Waals surface area contributed by atoms with Gasteiger partial charge in [-0.3, -0.25) is 4.98 Å². The molecule has 0 radical (unpaired) electrons. The molecule has 0 aliphatic heterocycles. The molecule has 1 N–H and O–H groups in total. The number of nitrogens with one attached hydrogen (secondary N) is 1. The van der Waals surface area contributed by atoms with Crippen LogP contribution in [0.1, 0.15) is 11.3 Å². The van der Waals surface area contributed by atoms with E-state index in [1.165, 1.54) is 13.2 Å². The lowest BCUT2D eigenvalue weighted by Gasteiger charge is -2.10. The molecular weight excluding hydrogens is 317 g/mol. The zero-order chi connectivity index (χ0) is 16.2. The number of methoxy groups -OCH3 is 1. The average molecular weight is 331 g/mol. The molecule has 1 heterocycles. The molecule has 3 nitrogen and oxygen atoms in total. The number of ether oxygens (including phenoxy) is 1. The van der Waals surface area contributed by atoms with Crippen LogP contribution in [0.15, 0.2) is 36.5 Å². The number of rotatable bonds is 5. The van der Waals surface area contributed by atoms with Crippen molar-refractivity contribution in [2.45, 2.75) is 12.6 Å². The van der Waals surface area contributed by atoms with Gasteiger partial charge >= 0.3 is 6.18 Å². The van der Waals surface area contributed by atoms with Crippen LogP contribution in [0.5, 0.6) is 5.75 Å². The van der Waals surface area contributed by atoms with Gasteiger partial charge in [0.25, 0.3) is 0 Å². The zero-order valence-corrected chi connectivity index (χ0v) is 12.5. The molecule has 0 bridgehead atoms. The Bertz CT molecular complexity index is 630. The maximum absolute atomic E-state index is 12.4. The third kappa shape index (κ3) is 4.27. The van der Waals surface area contributed by atoms with Gasteiger partial charge < -0.3 is 10.1 Å². The molecule has 7 heteroatoms. The summed E-state index contributed by atoms with van der Waals surface area (Å²) in [6, 6.07) is 7.67. The van der Waals surface area contributed by atoms with Gasteiger partial charge in [-0.15, -0.1) is 0 Å². The molecule has 2 aromatic rings. The zero-order valence-electron chi connectivity index (χ0n) is 11.7. The van der Waals surface area contributed by atoms with Gasteiger partial charge in [0.15, 0.2) is 0 Å². The monoisotopic (exact) mass is 330 g/mol. The first-order chi connectivity index (χ1) is 10.4. The lowest BCUT2D eigenvalue weighted by molar-refractivity contribution is -0.137. The first kappa shape index (κ1) is 16.4. The third-order valence-electron chi connectivity index (χ3n) is 3.01. The van der Waals surface area contributed by atoms with Crippen molar-refractivity contribution in [2.75, 3.05) is 19.0 Å². The van der Waals surface area contributed by atoms with Crippen molar-refractivity contribution in [3.05, 3.63) is 52.8 Å². The summed E-state index contributed by atoms with van der Waals surface area (Å²) in [5.74, 6) is 0.555. The standard InChI is InChI=1S/C15H14ClF3N2O/c1-22-14-8-12(4-5-13(14)16)20-7-6-11-3-2-10(9-21-11)15(17,18)19/h2-5,8-9,20H,6-7H2,1H3. The fourth-order valence-electron chi connectivity index (χ4n) is 1.84. The average Bonchev–Trinajstić information content (AvgIpc) is 2.48. The van der Waals surface area contributed by atoms with Crippen molar-refractivity contribution in [3.8, 4) is 5.75 Å². The van der Waals surface area contributed by atoms with E-state index < -0.39 is 11.7 Å². The molecule has 1 aromatic heterocycles. The predicted octanol–water partition coefficient (Wildman–Crippen LogP) is 4.42. The largest absolute Gasteiger partial charge is 0.495 e. The second-order valence-electron chi connectivity index (χ2n) is 4.56. The summed E-state index contributed by atoms with van der Waals surface area (Å²) < 4.78 is 42.4. The number of hydrogen-bond donors (Lipinski definition) is 1. The van der Waals surface area contributed by atoms with Gasteiger partial charge in [0.1, 0.15) is 5.75 Å². The normalized spacial score (nSPS) is 11.3. The molecule has 2 rings (SSSR count). The highest BCUT2D eigenvalue weighted by Gasteiger charge is 2.30. The maximum Gasteiger partial charge on any atom is 0.417 e. The molecular formula is C15H14ClF3N2O. The smallest absolute Gasteiger partial charge is 0.417 e. The van der Waals surface area contributed by atoms with Gasteiger partial charge in [0.2, 0.25) is 0 Å². The number of nitrogens with zero attached hydrogens (tertiary/aromatic N) is 1. The minimum atomic E-state index is -4.36. The van der Waals surface area contributed by atoms with E-state index in [9.17, 15) is 13.2 Å². The lowest BCUT2D eigenvalue weighted by Crippen LogP contribution is -2.08. The highest BCUT2D eigenvalue weighted by molar-refractivity contribution is 6.32. The Hall–Kier alpha value is -1.95. The van der Waals surface area contributed by atoms with Crippen molar-refractivity contribution in [1.29, 1.82) is 0 Å². The van der Waals surface area contributed by atoms with Crippen molar-refractivity contribution in [3.63, 3.8) is 0 Å². The van der Waals surface area contributed by atoms with E-state index >= 15 is 0 Å². The summed E-state index contributed by atoms with van der Waals surface area (Å²) in [5, 5.41) is 3.65. The quantitative estimate of drug-likeness (QED) is 0.881. The number of anilines is 1. The molecule has 0 amide bonds. The van der Waals surface area contributed by atoms with E-state index in [4.69, 9.17) is 16.3 Å². The van der Waals surface area contributed by atoms with Crippen LogP contribution in [0.4, 0.5) is 18.9 Å². The summed E-state index contributed by atoms with van der Waals surface area (Å²) in [7, 11) is 1.52. The van der Waals surface area contributed by atoms with Gasteiger partial charge in [-0.1, -0.05) is 11.6 Å². The first-order valence-electron chi connectivity index (χ1n) is 6.49. The Labute approximate surface area is 131 Å². The summed E-state index contributed by atoms with van der Waals surface area (Å²) >= 11 is 5.92. The Balaban J connectivity index is 1.91. The summed E-state index contributed by atoms with van der Waals surface area (Å²) in [6.45, 7) is 0.531. The van der Waals surface area contributed by atoms with E-state index in [1.54, 1.807) is 18.2 Å². The Morgan fingerprint density at radius 1 is 1.23 bits per heavy atom. The SMILES string of the molecule is COc1cc(NCCc2ccc(C(F)(F)F)cn2)ccc1Cl. The van der Waals surface area contributed by atoms with E-state index in [0.717, 1.165) is 18.0 Å². The van der Waals surface area contributed by atoms with Crippen molar-refractivity contribution in [1.82, 2.24) is 4.98 Å². The van der Waals surface area contributed by atoms with E-state index in [1.807, 2.05) is 0 Å². The van der Waals surface area contributed by atoms with Crippen molar-refractivity contribution < 1.29 is 17.9 Å². The highest BCUT2D eigenvalue weighted by Crippen LogP contribution is 2.29. The Morgan fingerprint density at radius 2 is 2.00 bits per heavy atom. The van der Waals surface area contributed by atoms with Crippen LogP contribution >= 0.6 is 11.6 Å². The second-order valence-corrected chi connectivity index (χ2v) is 4.97. The molecule has 0 saturated carbocycles. The fourth-order valence-corrected chi connectivity index (χ4v) is 2.04. The predicted molar refractivity (Wildman–Crippen MR) is 79.4 cm³/mol. The van der Waals surface area contributed by atoms with Crippen LogP contribution in [0.2, 0.25) is 5.02 Å². The Kier molecular flexibility index (Phi) is 5.13. The number of halogens is 4. The molecule has 0 fully saturated rings. The fraction of sp³-hybridized carbons (Fsp3) is 0.267. The van der Waals surface area contributed by atoms with Crippen molar-refractivity contribution >= 4 is 17.3 Å². The number of aromatic nitrogens is 1. The summed E-state index contributed by atoms with van der Waals surface area (Å²) in [6.07, 6.45) is -3.01. The third-order valence-corrected chi connectivity index (χ3v) is 3.33. The molecule has 0 spiro atoms. The van der Waals surface area contributed by atoms with Gasteiger partial charge in [-0.05, 0) is 24.3 Å². The molecule has 1 aromatic carbocycles. The second kappa shape index (κ2) is 6.87. The van der Waals surface area contributed by atoms with Crippen LogP contribution in [0.25, 0.3) is 0 Å². The molecule has 0 unspecified atom stereocenters. The Morgan fingerprint density at radius 3 is 2.59 bits per heavy atom. The molecule has 0 saturated heterocycles. The first-order valence-corrected chi connectivity index (χ1v) is 6.87. The molecule has 0 aliphatic carbocycles. The van der Waals surface area contributed by atoms with Gasteiger partial charge in [-0.2, -0.15) is 13.2 Å². The van der Waals surface area contributed by atoms with Crippen LogP contribution in [-0.2, 0) is 12.6 Å². The number of benzene rings is 1. The summed E-state index contributed by atoms with van der Waals surface area (Å²) in [5.41, 5.74) is 0.654. The van der Waals surface area contributed by atoms with Gasteiger partial charge in [0.05, 0.1) is 17.7 Å². The van der Waals surface area contributed by atoms with E-state index in [0.29, 0.717) is 29.4 Å². The minimum absolute atomic E-state index is 0.503. The number of alkyl halides is 3. The number of hydrogen-bond acceptors (Lipinski definition) is 3. The number of pyridine rings is 1. The topological polar surface area (TPSA) is 34.1 Å². The van der Waals surface area contributed by atoms with Crippen LogP contribution < -0.4 is 10.1 Å². The van der Waals surface area contributed by atoms with Gasteiger partial charge in [-0.25, -0.2) is 0 Å². The van der Waals surface area contributed by atoms with Crippen LogP contribution in [0.3, 0.4) is 0 Å². The highest BCUT2D eigenvalue weighted by atomic mass is 35.5. The van der Waals surface area contributed by atoms with Crippen LogP contribution in [-0.4, -0.2) is 18.6 Å². The maximum atomic E-state index is 12.4. The van der Waals surface area contributed by atoms with Gasteiger partial charge in [0, 0.05) is 36.6 Å². The van der Waals surface area contributed by atoms with Crippen LogP contribution in [0, 0.1) is 0 Å². The van der Waals surface area contributed by atoms with Crippen molar-refractivity contribution in [2.24, 2.45) is 0 Å². The van der Waals surface area contributed by atoms with E-state index in [-0.39, 0.29) is 0 Å². The van der Waals surface area contributed by atoms with E-state index in [2.05, 4.69) is 10.3 Å². The lowest BCUT2D eigenvalue weighted by atomic mass is 10.2. The molecule has 22 heavy (non-hydrogen) atoms. The minimum Gasteiger partial charge on any atom is -0.495 e.